The lowest BCUT2D eigenvalue weighted by atomic mass is 10.2. The topological polar surface area (TPSA) is 136 Å². The maximum absolute atomic E-state index is 12.6. The highest BCUT2D eigenvalue weighted by molar-refractivity contribution is 7.92. The Morgan fingerprint density at radius 1 is 0.893 bits per heavy atom. The molecule has 1 aliphatic rings. The fourth-order valence-corrected chi connectivity index (χ4v) is 5.11. The van der Waals surface area contributed by atoms with E-state index in [-0.39, 0.29) is 34.1 Å². The lowest BCUT2D eigenvalue weighted by Crippen LogP contribution is -2.40. The van der Waals surface area contributed by atoms with Crippen molar-refractivity contribution in [1.29, 1.82) is 0 Å². The van der Waals surface area contributed by atoms with Crippen LogP contribution in [0.1, 0.15) is 10.4 Å². The third kappa shape index (κ3) is 4.33. The molecule has 0 aliphatic carbocycles. The van der Waals surface area contributed by atoms with Gasteiger partial charge >= 0.3 is 0 Å². The van der Waals surface area contributed by atoms with Gasteiger partial charge in [-0.25, -0.2) is 16.8 Å². The highest BCUT2D eigenvalue weighted by Crippen LogP contribution is 2.21. The van der Waals surface area contributed by atoms with Crippen LogP contribution in [0.2, 0.25) is 0 Å². The van der Waals surface area contributed by atoms with Gasteiger partial charge in [-0.1, -0.05) is 0 Å². The second-order valence-corrected chi connectivity index (χ2v) is 9.66. The normalized spacial score (nSPS) is 15.9. The summed E-state index contributed by atoms with van der Waals surface area (Å²) in [5.74, 6) is -0.619. The number of primary amides is 1. The molecule has 0 spiro atoms. The number of benzene rings is 2. The largest absolute Gasteiger partial charge is 0.379 e. The van der Waals surface area contributed by atoms with Crippen molar-refractivity contribution in [3.05, 3.63) is 54.1 Å². The molecule has 9 nitrogen and oxygen atoms in total. The molecule has 0 bridgehead atoms. The predicted molar refractivity (Wildman–Crippen MR) is 102 cm³/mol. The van der Waals surface area contributed by atoms with Crippen molar-refractivity contribution in [2.24, 2.45) is 5.73 Å². The van der Waals surface area contributed by atoms with Crippen molar-refractivity contribution in [2.75, 3.05) is 31.0 Å². The monoisotopic (exact) mass is 425 g/mol. The van der Waals surface area contributed by atoms with E-state index in [4.69, 9.17) is 10.5 Å². The summed E-state index contributed by atoms with van der Waals surface area (Å²) in [5, 5.41) is 0. The van der Waals surface area contributed by atoms with Gasteiger partial charge in [0.1, 0.15) is 0 Å². The van der Waals surface area contributed by atoms with Gasteiger partial charge in [0.15, 0.2) is 0 Å². The maximum Gasteiger partial charge on any atom is 0.261 e. The Hall–Kier alpha value is -2.47. The standard InChI is InChI=1S/C17H19N3O6S2/c18-17(21)13-1-3-14(4-2-13)19-27(22,23)15-5-7-16(8-6-15)28(24,25)20-9-11-26-12-10-20/h1-8,19H,9-12H2,(H2,18,21). The minimum absolute atomic E-state index is 0.0131. The molecule has 28 heavy (non-hydrogen) atoms. The van der Waals surface area contributed by atoms with E-state index < -0.39 is 26.0 Å². The van der Waals surface area contributed by atoms with Crippen LogP contribution < -0.4 is 10.5 Å². The van der Waals surface area contributed by atoms with Crippen LogP contribution in [0.15, 0.2) is 58.3 Å². The molecule has 0 radical (unpaired) electrons. The maximum atomic E-state index is 12.6. The zero-order valence-corrected chi connectivity index (χ0v) is 16.4. The third-order valence-electron chi connectivity index (χ3n) is 4.16. The van der Waals surface area contributed by atoms with Crippen LogP contribution in [0.3, 0.4) is 0 Å². The second-order valence-electron chi connectivity index (χ2n) is 6.03. The van der Waals surface area contributed by atoms with Gasteiger partial charge in [-0.05, 0) is 48.5 Å². The smallest absolute Gasteiger partial charge is 0.261 e. The van der Waals surface area contributed by atoms with Crippen LogP contribution in [0.5, 0.6) is 0 Å². The Morgan fingerprint density at radius 3 is 1.96 bits per heavy atom. The van der Waals surface area contributed by atoms with Crippen molar-refractivity contribution >= 4 is 31.6 Å². The number of amides is 1. The molecule has 3 rings (SSSR count). The lowest BCUT2D eigenvalue weighted by Gasteiger charge is -2.26. The van der Waals surface area contributed by atoms with Gasteiger partial charge in [0.2, 0.25) is 15.9 Å². The number of morpholine rings is 1. The first kappa shape index (κ1) is 20.3. The van der Waals surface area contributed by atoms with Gasteiger partial charge in [0.25, 0.3) is 10.0 Å². The van der Waals surface area contributed by atoms with Gasteiger partial charge in [0, 0.05) is 24.3 Å². The van der Waals surface area contributed by atoms with E-state index in [9.17, 15) is 21.6 Å². The molecule has 1 aliphatic heterocycles. The number of anilines is 1. The van der Waals surface area contributed by atoms with E-state index in [2.05, 4.69) is 4.72 Å². The number of carbonyl (C=O) groups excluding carboxylic acids is 1. The average Bonchev–Trinajstić information content (AvgIpc) is 2.69. The van der Waals surface area contributed by atoms with Gasteiger partial charge in [-0.3, -0.25) is 9.52 Å². The first-order valence-electron chi connectivity index (χ1n) is 8.31. The summed E-state index contributed by atoms with van der Waals surface area (Å²) in [6.07, 6.45) is 0. The minimum Gasteiger partial charge on any atom is -0.379 e. The summed E-state index contributed by atoms with van der Waals surface area (Å²) in [6, 6.07) is 10.6. The number of rotatable bonds is 6. The van der Waals surface area contributed by atoms with Gasteiger partial charge in [0.05, 0.1) is 23.0 Å². The molecule has 3 N–H and O–H groups in total. The molecule has 150 valence electrons. The van der Waals surface area contributed by atoms with E-state index in [1.807, 2.05) is 0 Å². The second kappa shape index (κ2) is 7.87. The van der Waals surface area contributed by atoms with Crippen molar-refractivity contribution in [3.8, 4) is 0 Å². The Balaban J connectivity index is 1.78. The summed E-state index contributed by atoms with van der Waals surface area (Å²) in [7, 11) is -7.63. The number of hydrogen-bond acceptors (Lipinski definition) is 6. The molecule has 0 aromatic heterocycles. The fraction of sp³-hybridized carbons (Fsp3) is 0.235. The third-order valence-corrected chi connectivity index (χ3v) is 7.47. The lowest BCUT2D eigenvalue weighted by molar-refractivity contribution is 0.0730. The Labute approximate surface area is 163 Å². The summed E-state index contributed by atoms with van der Waals surface area (Å²) < 4.78 is 59.0. The number of nitrogens with one attached hydrogen (secondary N) is 1. The molecule has 1 heterocycles. The predicted octanol–water partition coefficient (Wildman–Crippen LogP) is 0.607. The van der Waals surface area contributed by atoms with Crippen LogP contribution in [-0.4, -0.2) is 53.4 Å². The molecule has 0 unspecified atom stereocenters. The summed E-state index contributed by atoms with van der Waals surface area (Å²) in [6.45, 7) is 1.16. The molecular weight excluding hydrogens is 406 g/mol. The van der Waals surface area contributed by atoms with E-state index in [1.165, 1.54) is 52.8 Å². The molecule has 1 fully saturated rings. The summed E-state index contributed by atoms with van der Waals surface area (Å²) in [5.41, 5.74) is 5.64. The van der Waals surface area contributed by atoms with Gasteiger partial charge in [-0.15, -0.1) is 0 Å². The number of nitrogens with zero attached hydrogens (tertiary/aromatic N) is 1. The Bertz CT molecular complexity index is 1060. The zero-order chi connectivity index (χ0) is 20.4. The Kier molecular flexibility index (Phi) is 5.70. The van der Waals surface area contributed by atoms with E-state index in [0.717, 1.165) is 0 Å². The van der Waals surface area contributed by atoms with Gasteiger partial charge < -0.3 is 10.5 Å². The first-order chi connectivity index (χ1) is 13.2. The van der Waals surface area contributed by atoms with Crippen LogP contribution in [0, 0.1) is 0 Å². The highest BCUT2D eigenvalue weighted by atomic mass is 32.2. The Morgan fingerprint density at radius 2 is 1.43 bits per heavy atom. The molecular formula is C17H19N3O6S2. The van der Waals surface area contributed by atoms with Crippen molar-refractivity contribution in [1.82, 2.24) is 4.31 Å². The quantitative estimate of drug-likeness (QED) is 0.696. The van der Waals surface area contributed by atoms with E-state index in [1.54, 1.807) is 0 Å². The molecule has 1 saturated heterocycles. The fourth-order valence-electron chi connectivity index (χ4n) is 2.64. The molecule has 0 saturated carbocycles. The van der Waals surface area contributed by atoms with Gasteiger partial charge in [-0.2, -0.15) is 4.31 Å². The van der Waals surface area contributed by atoms with Crippen molar-refractivity contribution in [2.45, 2.75) is 9.79 Å². The number of carbonyl (C=O) groups is 1. The van der Waals surface area contributed by atoms with Crippen LogP contribution in [-0.2, 0) is 24.8 Å². The summed E-state index contributed by atoms with van der Waals surface area (Å²) in [4.78, 5) is 11.0. The van der Waals surface area contributed by atoms with Crippen LogP contribution >= 0.6 is 0 Å². The number of nitrogens with two attached hydrogens (primary N) is 1. The minimum atomic E-state index is -3.93. The van der Waals surface area contributed by atoms with Crippen molar-refractivity contribution in [3.63, 3.8) is 0 Å². The number of ether oxygens (including phenoxy) is 1. The number of sulfonamides is 2. The molecule has 2 aromatic rings. The van der Waals surface area contributed by atoms with E-state index in [0.29, 0.717) is 13.2 Å². The summed E-state index contributed by atoms with van der Waals surface area (Å²) >= 11 is 0. The van der Waals surface area contributed by atoms with Crippen LogP contribution in [0.4, 0.5) is 5.69 Å². The molecule has 2 aromatic carbocycles. The first-order valence-corrected chi connectivity index (χ1v) is 11.2. The highest BCUT2D eigenvalue weighted by Gasteiger charge is 2.26. The molecule has 0 atom stereocenters. The average molecular weight is 425 g/mol. The SMILES string of the molecule is NC(=O)c1ccc(NS(=O)(=O)c2ccc(S(=O)(=O)N3CCOCC3)cc2)cc1. The molecule has 11 heteroatoms. The molecule has 1 amide bonds. The van der Waals surface area contributed by atoms with E-state index >= 15 is 0 Å². The number of hydrogen-bond donors (Lipinski definition) is 2. The zero-order valence-electron chi connectivity index (χ0n) is 14.7. The van der Waals surface area contributed by atoms with Crippen molar-refractivity contribution < 1.29 is 26.4 Å². The van der Waals surface area contributed by atoms with Crippen LogP contribution in [0.25, 0.3) is 0 Å².